The maximum Gasteiger partial charge on any atom is 0.224 e. The first-order chi connectivity index (χ1) is 16.1. The smallest absolute Gasteiger partial charge is 0.224 e. The van der Waals surface area contributed by atoms with Crippen LogP contribution in [0.25, 0.3) is 10.8 Å². The van der Waals surface area contributed by atoms with E-state index < -0.39 is 12.0 Å². The number of fused-ring (bicyclic) bond motifs is 1. The van der Waals surface area contributed by atoms with Gasteiger partial charge in [0.1, 0.15) is 6.04 Å². The van der Waals surface area contributed by atoms with Crippen molar-refractivity contribution in [3.8, 4) is 0 Å². The molecule has 1 saturated heterocycles. The molecule has 171 valence electrons. The predicted octanol–water partition coefficient (Wildman–Crippen LogP) is 1.81. The Balaban J connectivity index is 1.53. The summed E-state index contributed by atoms with van der Waals surface area (Å²) in [4.78, 5) is 46.5. The van der Waals surface area contributed by atoms with Crippen molar-refractivity contribution < 1.29 is 19.1 Å². The second-order valence-corrected chi connectivity index (χ2v) is 8.18. The number of ether oxygens (including phenoxy) is 1. The number of carbonyl (C=O) groups is 2. The Bertz CT molecular complexity index is 1090. The average molecular weight is 448 g/mol. The van der Waals surface area contributed by atoms with Gasteiger partial charge in [0.05, 0.1) is 31.2 Å². The number of aromatic amines is 1. The first-order valence-electron chi connectivity index (χ1n) is 11.1. The number of aromatic nitrogens is 2. The lowest BCUT2D eigenvalue weighted by atomic mass is 9.91. The van der Waals surface area contributed by atoms with Gasteiger partial charge < -0.3 is 19.9 Å². The minimum atomic E-state index is -0.839. The highest BCUT2D eigenvalue weighted by Crippen LogP contribution is 2.23. The zero-order chi connectivity index (χ0) is 23.0. The van der Waals surface area contributed by atoms with Gasteiger partial charge in [-0.05, 0) is 22.8 Å². The maximum atomic E-state index is 13.3. The largest absolute Gasteiger partial charge is 0.378 e. The molecule has 2 atom stereocenters. The first-order valence-corrected chi connectivity index (χ1v) is 11.1. The number of nitrogens with zero attached hydrogens (tertiary/aromatic N) is 2. The number of imidazole rings is 1. The van der Waals surface area contributed by atoms with Crippen LogP contribution in [0.5, 0.6) is 0 Å². The Morgan fingerprint density at radius 1 is 1.12 bits per heavy atom. The van der Waals surface area contributed by atoms with E-state index in [1.807, 2.05) is 48.8 Å². The van der Waals surface area contributed by atoms with Crippen LogP contribution in [0, 0.1) is 5.92 Å². The molecule has 2 amide bonds. The standard InChI is InChI=1S/C25H27N4O4/c30-16-22(14-21-15-26-17-27-21)28-25(32)20(13-24(31)29-8-10-33-11-9-29)12-19-6-3-5-18-4-1-2-7-23(18)19/h1-7,15,17,20,22H,8-14H2,(H,26,27)(H,28,32). The van der Waals surface area contributed by atoms with Crippen molar-refractivity contribution >= 4 is 28.9 Å². The Kier molecular flexibility index (Phi) is 7.47. The van der Waals surface area contributed by atoms with Gasteiger partial charge in [0.25, 0.3) is 0 Å². The van der Waals surface area contributed by atoms with Crippen LogP contribution in [0.15, 0.2) is 55.0 Å². The number of carbonyl (C=O) groups excluding carboxylic acids is 3. The minimum absolute atomic E-state index is 0.0586. The fraction of sp³-hybridized carbons (Fsp3) is 0.360. The number of morpholine rings is 1. The lowest BCUT2D eigenvalue weighted by Gasteiger charge is -2.28. The predicted molar refractivity (Wildman–Crippen MR) is 123 cm³/mol. The number of amides is 2. The third-order valence-corrected chi connectivity index (χ3v) is 5.93. The van der Waals surface area contributed by atoms with Crippen molar-refractivity contribution in [1.29, 1.82) is 0 Å². The van der Waals surface area contributed by atoms with Gasteiger partial charge in [0, 0.05) is 32.1 Å². The third-order valence-electron chi connectivity index (χ3n) is 5.93. The third kappa shape index (κ3) is 5.84. The van der Waals surface area contributed by atoms with Gasteiger partial charge in [0.2, 0.25) is 18.1 Å². The summed E-state index contributed by atoms with van der Waals surface area (Å²) in [7, 11) is 0. The van der Waals surface area contributed by atoms with Crippen molar-refractivity contribution in [3.05, 3.63) is 66.2 Å². The fourth-order valence-corrected chi connectivity index (χ4v) is 4.17. The molecule has 1 radical (unpaired) electrons. The minimum Gasteiger partial charge on any atom is -0.378 e. The Labute approximate surface area is 192 Å². The molecule has 8 heteroatoms. The summed E-state index contributed by atoms with van der Waals surface area (Å²) in [6.07, 6.45) is 5.76. The molecule has 1 fully saturated rings. The SMILES string of the molecule is O=[C]C(Cc1c[nH]cn1)NC(=O)C(CC(=O)N1CCOCC1)Cc1cccc2ccccc12. The number of rotatable bonds is 9. The van der Waals surface area contributed by atoms with Crippen molar-refractivity contribution in [1.82, 2.24) is 20.2 Å². The zero-order valence-corrected chi connectivity index (χ0v) is 18.3. The molecule has 33 heavy (non-hydrogen) atoms. The molecule has 2 unspecified atom stereocenters. The van der Waals surface area contributed by atoms with Crippen molar-refractivity contribution in [2.45, 2.75) is 25.3 Å². The molecule has 0 saturated carbocycles. The topological polar surface area (TPSA) is 104 Å². The van der Waals surface area contributed by atoms with E-state index in [4.69, 9.17) is 4.74 Å². The fourth-order valence-electron chi connectivity index (χ4n) is 4.17. The molecule has 4 rings (SSSR count). The van der Waals surface area contributed by atoms with Crippen LogP contribution in [0.1, 0.15) is 17.7 Å². The molecule has 3 aromatic rings. The van der Waals surface area contributed by atoms with E-state index in [1.54, 1.807) is 11.1 Å². The highest BCUT2D eigenvalue weighted by molar-refractivity contribution is 5.89. The summed E-state index contributed by atoms with van der Waals surface area (Å²) >= 11 is 0. The van der Waals surface area contributed by atoms with Crippen LogP contribution in [-0.2, 0) is 32.0 Å². The van der Waals surface area contributed by atoms with E-state index in [2.05, 4.69) is 15.3 Å². The molecule has 1 aliphatic rings. The summed E-state index contributed by atoms with van der Waals surface area (Å²) in [5.74, 6) is -1.05. The maximum absolute atomic E-state index is 13.3. The summed E-state index contributed by atoms with van der Waals surface area (Å²) in [6, 6.07) is 13.1. The van der Waals surface area contributed by atoms with Crippen LogP contribution in [0.3, 0.4) is 0 Å². The molecule has 1 aromatic heterocycles. The quantitative estimate of drug-likeness (QED) is 0.521. The molecule has 2 aromatic carbocycles. The molecule has 8 nitrogen and oxygen atoms in total. The molecular formula is C25H27N4O4. The normalized spacial score (nSPS) is 15.7. The van der Waals surface area contributed by atoms with Crippen molar-refractivity contribution in [3.63, 3.8) is 0 Å². The van der Waals surface area contributed by atoms with Gasteiger partial charge in [-0.1, -0.05) is 42.5 Å². The van der Waals surface area contributed by atoms with Gasteiger partial charge in [-0.15, -0.1) is 0 Å². The van der Waals surface area contributed by atoms with Gasteiger partial charge in [0.15, 0.2) is 0 Å². The Morgan fingerprint density at radius 2 is 1.91 bits per heavy atom. The number of nitrogens with one attached hydrogen (secondary N) is 2. The molecule has 2 heterocycles. The number of H-pyrrole nitrogens is 1. The van der Waals surface area contributed by atoms with Crippen LogP contribution in [-0.4, -0.2) is 65.3 Å². The summed E-state index contributed by atoms with van der Waals surface area (Å²) in [5, 5.41) is 4.89. The second-order valence-electron chi connectivity index (χ2n) is 8.18. The first kappa shape index (κ1) is 22.7. The lowest BCUT2D eigenvalue weighted by molar-refractivity contribution is -0.139. The molecule has 0 bridgehead atoms. The monoisotopic (exact) mass is 447 g/mol. The van der Waals surface area contributed by atoms with Gasteiger partial charge in [-0.3, -0.25) is 14.4 Å². The molecule has 1 aliphatic heterocycles. The van der Waals surface area contributed by atoms with E-state index in [-0.39, 0.29) is 24.7 Å². The van der Waals surface area contributed by atoms with E-state index in [0.717, 1.165) is 16.3 Å². The number of hydrogen-bond acceptors (Lipinski definition) is 5. The second kappa shape index (κ2) is 10.9. The van der Waals surface area contributed by atoms with E-state index in [1.165, 1.54) is 6.33 Å². The van der Waals surface area contributed by atoms with E-state index >= 15 is 0 Å². The van der Waals surface area contributed by atoms with Crippen LogP contribution in [0.2, 0.25) is 0 Å². The van der Waals surface area contributed by atoms with Crippen molar-refractivity contribution in [2.75, 3.05) is 26.3 Å². The van der Waals surface area contributed by atoms with Gasteiger partial charge in [-0.2, -0.15) is 0 Å². The Hall–Kier alpha value is -3.52. The number of hydrogen-bond donors (Lipinski definition) is 2. The molecule has 0 aliphatic carbocycles. The van der Waals surface area contributed by atoms with Crippen LogP contribution >= 0.6 is 0 Å². The zero-order valence-electron chi connectivity index (χ0n) is 18.3. The average Bonchev–Trinajstić information content (AvgIpc) is 3.37. The highest BCUT2D eigenvalue weighted by atomic mass is 16.5. The van der Waals surface area contributed by atoms with Crippen LogP contribution < -0.4 is 5.32 Å². The number of benzene rings is 2. The van der Waals surface area contributed by atoms with E-state index in [0.29, 0.717) is 38.4 Å². The van der Waals surface area contributed by atoms with Crippen molar-refractivity contribution in [2.24, 2.45) is 5.92 Å². The molecule has 0 spiro atoms. The summed E-state index contributed by atoms with van der Waals surface area (Å²) in [6.45, 7) is 2.03. The highest BCUT2D eigenvalue weighted by Gasteiger charge is 2.28. The Morgan fingerprint density at radius 3 is 2.67 bits per heavy atom. The van der Waals surface area contributed by atoms with Gasteiger partial charge in [-0.25, -0.2) is 4.98 Å². The lowest BCUT2D eigenvalue weighted by Crippen LogP contribution is -2.45. The molecule has 2 N–H and O–H groups in total. The summed E-state index contributed by atoms with van der Waals surface area (Å²) in [5.41, 5.74) is 1.64. The van der Waals surface area contributed by atoms with Crippen LogP contribution in [0.4, 0.5) is 0 Å². The van der Waals surface area contributed by atoms with E-state index in [9.17, 15) is 14.4 Å². The summed E-state index contributed by atoms with van der Waals surface area (Å²) < 4.78 is 5.34. The van der Waals surface area contributed by atoms with Gasteiger partial charge >= 0.3 is 0 Å². The molecular weight excluding hydrogens is 420 g/mol.